The average Bonchev–Trinajstić information content (AvgIpc) is 2.53. The molecule has 0 amide bonds. The van der Waals surface area contributed by atoms with Gasteiger partial charge in [0, 0.05) is 19.3 Å². The van der Waals surface area contributed by atoms with Crippen LogP contribution in [0.1, 0.15) is 32.1 Å². The number of rotatable bonds is 2. The molecule has 0 bridgehead atoms. The third-order valence-corrected chi connectivity index (χ3v) is 2.98. The number of hydrogen-bond acceptors (Lipinski definition) is 3. The molecule has 1 aliphatic carbocycles. The van der Waals surface area contributed by atoms with Crippen molar-refractivity contribution in [1.29, 1.82) is 0 Å². The Morgan fingerprint density at radius 3 is 2.38 bits per heavy atom. The Labute approximate surface area is 79.6 Å². The fourth-order valence-corrected chi connectivity index (χ4v) is 2.18. The second-order valence-electron chi connectivity index (χ2n) is 4.14. The predicted octanol–water partition coefficient (Wildman–Crippen LogP) is 1.06. The number of nitrogens with two attached hydrogens (primary N) is 1. The molecule has 0 aromatic heterocycles. The van der Waals surface area contributed by atoms with Crippen molar-refractivity contribution in [1.82, 2.24) is 0 Å². The van der Waals surface area contributed by atoms with Gasteiger partial charge in [0.15, 0.2) is 0 Å². The first-order valence-electron chi connectivity index (χ1n) is 5.33. The summed E-state index contributed by atoms with van der Waals surface area (Å²) in [4.78, 5) is 0. The van der Waals surface area contributed by atoms with Crippen LogP contribution in [-0.2, 0) is 9.47 Å². The van der Waals surface area contributed by atoms with Crippen molar-refractivity contribution >= 4 is 0 Å². The summed E-state index contributed by atoms with van der Waals surface area (Å²) in [5.74, 6) is 0. The fraction of sp³-hybridized carbons (Fsp3) is 1.00. The Hall–Kier alpha value is -0.120. The van der Waals surface area contributed by atoms with Crippen LogP contribution in [0.25, 0.3) is 0 Å². The molecule has 2 aliphatic rings. The summed E-state index contributed by atoms with van der Waals surface area (Å²) >= 11 is 0. The maximum atomic E-state index is 5.96. The van der Waals surface area contributed by atoms with E-state index in [4.69, 9.17) is 15.2 Å². The summed E-state index contributed by atoms with van der Waals surface area (Å²) in [7, 11) is 0. The summed E-state index contributed by atoms with van der Waals surface area (Å²) in [6, 6.07) is 0.379. The van der Waals surface area contributed by atoms with Crippen LogP contribution in [0.15, 0.2) is 0 Å². The molecule has 1 saturated carbocycles. The molecule has 1 aliphatic heterocycles. The van der Waals surface area contributed by atoms with Gasteiger partial charge in [-0.3, -0.25) is 0 Å². The second-order valence-corrected chi connectivity index (χ2v) is 4.14. The van der Waals surface area contributed by atoms with Crippen LogP contribution in [0.2, 0.25) is 0 Å². The van der Waals surface area contributed by atoms with E-state index in [2.05, 4.69) is 0 Å². The molecule has 1 saturated heterocycles. The minimum absolute atomic E-state index is 0.379. The van der Waals surface area contributed by atoms with Crippen LogP contribution in [0.4, 0.5) is 0 Å². The van der Waals surface area contributed by atoms with Crippen molar-refractivity contribution in [3.8, 4) is 0 Å². The van der Waals surface area contributed by atoms with E-state index >= 15 is 0 Å². The van der Waals surface area contributed by atoms with E-state index in [0.717, 1.165) is 45.3 Å². The zero-order valence-electron chi connectivity index (χ0n) is 8.08. The van der Waals surface area contributed by atoms with Crippen molar-refractivity contribution in [2.45, 2.75) is 50.4 Å². The molecule has 0 radical (unpaired) electrons. The highest BCUT2D eigenvalue weighted by Crippen LogP contribution is 2.24. The van der Waals surface area contributed by atoms with Crippen LogP contribution >= 0.6 is 0 Å². The SMILES string of the molecule is NC1CCC(OC2CCOCC2)C1. The zero-order valence-corrected chi connectivity index (χ0v) is 8.08. The molecule has 2 atom stereocenters. The highest BCUT2D eigenvalue weighted by Gasteiger charge is 2.26. The third kappa shape index (κ3) is 2.66. The van der Waals surface area contributed by atoms with Crippen LogP contribution in [0.5, 0.6) is 0 Å². The Balaban J connectivity index is 1.71. The summed E-state index contributed by atoms with van der Waals surface area (Å²) in [6.07, 6.45) is 6.32. The smallest absolute Gasteiger partial charge is 0.0622 e. The van der Waals surface area contributed by atoms with E-state index in [1.807, 2.05) is 0 Å². The van der Waals surface area contributed by atoms with Crippen molar-refractivity contribution in [2.24, 2.45) is 5.73 Å². The molecule has 3 nitrogen and oxygen atoms in total. The highest BCUT2D eigenvalue weighted by molar-refractivity contribution is 4.79. The Morgan fingerprint density at radius 1 is 1.00 bits per heavy atom. The van der Waals surface area contributed by atoms with Crippen LogP contribution in [-0.4, -0.2) is 31.5 Å². The molecule has 13 heavy (non-hydrogen) atoms. The lowest BCUT2D eigenvalue weighted by Crippen LogP contribution is -2.28. The van der Waals surface area contributed by atoms with Crippen LogP contribution in [0.3, 0.4) is 0 Å². The van der Waals surface area contributed by atoms with Gasteiger partial charge in [-0.15, -0.1) is 0 Å². The Kier molecular flexibility index (Phi) is 3.19. The highest BCUT2D eigenvalue weighted by atomic mass is 16.5. The first kappa shape index (κ1) is 9.44. The van der Waals surface area contributed by atoms with E-state index in [9.17, 15) is 0 Å². The maximum absolute atomic E-state index is 5.96. The first-order chi connectivity index (χ1) is 6.34. The average molecular weight is 185 g/mol. The largest absolute Gasteiger partial charge is 0.381 e. The molecule has 3 heteroatoms. The molecule has 76 valence electrons. The van der Waals surface area contributed by atoms with E-state index in [0.29, 0.717) is 18.2 Å². The van der Waals surface area contributed by atoms with E-state index in [-0.39, 0.29) is 0 Å². The monoisotopic (exact) mass is 185 g/mol. The van der Waals surface area contributed by atoms with Gasteiger partial charge in [-0.25, -0.2) is 0 Å². The minimum Gasteiger partial charge on any atom is -0.381 e. The van der Waals surface area contributed by atoms with Crippen molar-refractivity contribution in [2.75, 3.05) is 13.2 Å². The lowest BCUT2D eigenvalue weighted by Gasteiger charge is -2.25. The molecular weight excluding hydrogens is 166 g/mol. The van der Waals surface area contributed by atoms with Gasteiger partial charge >= 0.3 is 0 Å². The summed E-state index contributed by atoms with van der Waals surface area (Å²) < 4.78 is 11.2. The van der Waals surface area contributed by atoms with Gasteiger partial charge < -0.3 is 15.2 Å². The number of ether oxygens (including phenoxy) is 2. The molecule has 2 N–H and O–H groups in total. The second kappa shape index (κ2) is 4.40. The van der Waals surface area contributed by atoms with Gasteiger partial charge in [0.2, 0.25) is 0 Å². The third-order valence-electron chi connectivity index (χ3n) is 2.98. The van der Waals surface area contributed by atoms with Gasteiger partial charge in [-0.1, -0.05) is 0 Å². The molecule has 2 rings (SSSR count). The lowest BCUT2D eigenvalue weighted by molar-refractivity contribution is -0.0657. The van der Waals surface area contributed by atoms with Gasteiger partial charge in [0.25, 0.3) is 0 Å². The van der Waals surface area contributed by atoms with Gasteiger partial charge in [-0.05, 0) is 32.1 Å². The zero-order chi connectivity index (χ0) is 9.10. The quantitative estimate of drug-likeness (QED) is 0.699. The normalized spacial score (nSPS) is 36.7. The minimum atomic E-state index is 0.379. The number of hydrogen-bond donors (Lipinski definition) is 1. The van der Waals surface area contributed by atoms with Crippen molar-refractivity contribution < 1.29 is 9.47 Å². The van der Waals surface area contributed by atoms with Crippen LogP contribution in [0, 0.1) is 0 Å². The summed E-state index contributed by atoms with van der Waals surface area (Å²) in [5.41, 5.74) is 5.83. The Bertz CT molecular complexity index is 154. The molecular formula is C10H19NO2. The van der Waals surface area contributed by atoms with Gasteiger partial charge in [0.05, 0.1) is 12.2 Å². The molecule has 0 aromatic rings. The van der Waals surface area contributed by atoms with E-state index in [1.165, 1.54) is 0 Å². The first-order valence-corrected chi connectivity index (χ1v) is 5.33. The topological polar surface area (TPSA) is 44.5 Å². The standard InChI is InChI=1S/C10H19NO2/c11-8-1-2-10(7-8)13-9-3-5-12-6-4-9/h8-10H,1-7,11H2. The van der Waals surface area contributed by atoms with Crippen molar-refractivity contribution in [3.63, 3.8) is 0 Å². The summed E-state index contributed by atoms with van der Waals surface area (Å²) in [5, 5.41) is 0. The Morgan fingerprint density at radius 2 is 1.77 bits per heavy atom. The van der Waals surface area contributed by atoms with Crippen LogP contribution < -0.4 is 5.73 Å². The molecule has 2 fully saturated rings. The summed E-state index contributed by atoms with van der Waals surface area (Å²) in [6.45, 7) is 1.73. The molecule has 1 heterocycles. The predicted molar refractivity (Wildman–Crippen MR) is 50.5 cm³/mol. The maximum Gasteiger partial charge on any atom is 0.0622 e. The van der Waals surface area contributed by atoms with E-state index < -0.39 is 0 Å². The van der Waals surface area contributed by atoms with Gasteiger partial charge in [-0.2, -0.15) is 0 Å². The fourth-order valence-electron chi connectivity index (χ4n) is 2.18. The molecule has 0 spiro atoms. The van der Waals surface area contributed by atoms with Gasteiger partial charge in [0.1, 0.15) is 0 Å². The van der Waals surface area contributed by atoms with Crippen molar-refractivity contribution in [3.05, 3.63) is 0 Å². The molecule has 0 aromatic carbocycles. The van der Waals surface area contributed by atoms with E-state index in [1.54, 1.807) is 0 Å². The molecule has 2 unspecified atom stereocenters. The lowest BCUT2D eigenvalue weighted by atomic mass is 10.1.